The highest BCUT2D eigenvalue weighted by Gasteiger charge is 2.16. The number of guanidine groups is 1. The van der Waals surface area contributed by atoms with E-state index in [0.717, 1.165) is 58.1 Å². The predicted octanol–water partition coefficient (Wildman–Crippen LogP) is 4.01. The number of aromatic nitrogens is 2. The summed E-state index contributed by atoms with van der Waals surface area (Å²) in [6, 6.07) is 8.83. The van der Waals surface area contributed by atoms with Gasteiger partial charge >= 0.3 is 0 Å². The van der Waals surface area contributed by atoms with Crippen molar-refractivity contribution in [3.8, 4) is 0 Å². The number of nitrogens with zero attached hydrogens (tertiary/aromatic N) is 5. The Balaban J connectivity index is 0.00000341. The lowest BCUT2D eigenvalue weighted by molar-refractivity contribution is 0.252. The van der Waals surface area contributed by atoms with Crippen molar-refractivity contribution < 1.29 is 0 Å². The van der Waals surface area contributed by atoms with Gasteiger partial charge in [-0.1, -0.05) is 38.1 Å². The molecule has 1 aromatic carbocycles. The van der Waals surface area contributed by atoms with Crippen LogP contribution in [0.2, 0.25) is 0 Å². The smallest absolute Gasteiger partial charge is 0.193 e. The Kier molecular flexibility index (Phi) is 10.3. The number of nitrogens with one attached hydrogen (secondary N) is 1. The van der Waals surface area contributed by atoms with Crippen LogP contribution in [-0.4, -0.2) is 58.8 Å². The van der Waals surface area contributed by atoms with Crippen molar-refractivity contribution in [2.75, 3.05) is 33.2 Å². The fourth-order valence-electron chi connectivity index (χ4n) is 4.19. The average Bonchev–Trinajstić information content (AvgIpc) is 3.10. The molecule has 2 heterocycles. The quantitative estimate of drug-likeness (QED) is 0.239. The lowest BCUT2D eigenvalue weighted by Gasteiger charge is -2.28. The van der Waals surface area contributed by atoms with Crippen molar-refractivity contribution in [3.05, 3.63) is 52.8 Å². The van der Waals surface area contributed by atoms with E-state index in [1.165, 1.54) is 22.4 Å². The third-order valence-electron chi connectivity index (χ3n) is 5.69. The number of aryl methyl sites for hydroxylation is 1. The maximum Gasteiger partial charge on any atom is 0.193 e. The summed E-state index contributed by atoms with van der Waals surface area (Å²) < 4.78 is 1.92. The number of aliphatic imine (C=N–C) groups is 1. The number of benzene rings is 1. The lowest BCUT2D eigenvalue weighted by atomic mass is 10.00. The van der Waals surface area contributed by atoms with Gasteiger partial charge in [-0.25, -0.2) is 0 Å². The summed E-state index contributed by atoms with van der Waals surface area (Å²) >= 11 is 0. The molecule has 0 bridgehead atoms. The predicted molar refractivity (Wildman–Crippen MR) is 140 cm³/mol. The first-order valence-electron chi connectivity index (χ1n) is 11.3. The third kappa shape index (κ3) is 7.20. The number of fused-ring (bicyclic) bond motifs is 1. The molecule has 0 amide bonds. The zero-order valence-corrected chi connectivity index (χ0v) is 22.1. The Bertz CT molecular complexity index is 844. The van der Waals surface area contributed by atoms with Gasteiger partial charge in [0.2, 0.25) is 0 Å². The van der Waals surface area contributed by atoms with E-state index in [9.17, 15) is 0 Å². The van der Waals surface area contributed by atoms with E-state index in [2.05, 4.69) is 78.5 Å². The topological polar surface area (TPSA) is 48.7 Å². The van der Waals surface area contributed by atoms with E-state index in [0.29, 0.717) is 5.92 Å². The third-order valence-corrected chi connectivity index (χ3v) is 5.69. The summed E-state index contributed by atoms with van der Waals surface area (Å²) in [4.78, 5) is 9.66. The Morgan fingerprint density at radius 1 is 1.26 bits per heavy atom. The van der Waals surface area contributed by atoms with E-state index < -0.39 is 0 Å². The lowest BCUT2D eigenvalue weighted by Crippen LogP contribution is -2.39. The van der Waals surface area contributed by atoms with Crippen molar-refractivity contribution >= 4 is 29.9 Å². The SMILES string of the molecule is CCNC(=NCCCN1CCc2ccccc2C1)N(C)Cc1cn(C)nc1C(C)C.I. The summed E-state index contributed by atoms with van der Waals surface area (Å²) in [5, 5.41) is 8.08. The van der Waals surface area contributed by atoms with Gasteiger partial charge in [0.05, 0.1) is 5.69 Å². The summed E-state index contributed by atoms with van der Waals surface area (Å²) in [6.45, 7) is 12.4. The van der Waals surface area contributed by atoms with Gasteiger partial charge in [-0.2, -0.15) is 5.10 Å². The minimum Gasteiger partial charge on any atom is -0.357 e. The van der Waals surface area contributed by atoms with Crippen LogP contribution in [-0.2, 0) is 26.6 Å². The summed E-state index contributed by atoms with van der Waals surface area (Å²) in [5.41, 5.74) is 5.44. The molecule has 0 atom stereocenters. The van der Waals surface area contributed by atoms with Crippen LogP contribution < -0.4 is 5.32 Å². The van der Waals surface area contributed by atoms with Crippen molar-refractivity contribution in [3.63, 3.8) is 0 Å². The summed E-state index contributed by atoms with van der Waals surface area (Å²) in [6.07, 6.45) is 4.37. The number of halogens is 1. The van der Waals surface area contributed by atoms with Crippen molar-refractivity contribution in [1.82, 2.24) is 24.9 Å². The Labute approximate surface area is 205 Å². The molecule has 0 saturated heterocycles. The molecular weight excluding hydrogens is 499 g/mol. The largest absolute Gasteiger partial charge is 0.357 e. The van der Waals surface area contributed by atoms with Crippen LogP contribution in [0.5, 0.6) is 0 Å². The van der Waals surface area contributed by atoms with E-state index in [-0.39, 0.29) is 24.0 Å². The minimum atomic E-state index is 0. The fraction of sp³-hybridized carbons (Fsp3) is 0.583. The summed E-state index contributed by atoms with van der Waals surface area (Å²) in [5.74, 6) is 1.39. The molecule has 1 aliphatic heterocycles. The zero-order valence-electron chi connectivity index (χ0n) is 19.8. The Hall–Kier alpha value is -1.61. The molecule has 0 saturated carbocycles. The minimum absolute atomic E-state index is 0. The van der Waals surface area contributed by atoms with E-state index >= 15 is 0 Å². The first kappa shape index (κ1) is 25.6. The first-order chi connectivity index (χ1) is 14.5. The molecule has 0 spiro atoms. The maximum absolute atomic E-state index is 4.90. The fourth-order valence-corrected chi connectivity index (χ4v) is 4.19. The van der Waals surface area contributed by atoms with E-state index in [4.69, 9.17) is 4.99 Å². The number of rotatable bonds is 8. The highest BCUT2D eigenvalue weighted by Crippen LogP contribution is 2.19. The van der Waals surface area contributed by atoms with Crippen LogP contribution in [0, 0.1) is 0 Å². The van der Waals surface area contributed by atoms with Gasteiger partial charge in [-0.05, 0) is 36.8 Å². The molecule has 0 radical (unpaired) electrons. The van der Waals surface area contributed by atoms with Gasteiger partial charge in [0, 0.05) is 65.1 Å². The highest BCUT2D eigenvalue weighted by molar-refractivity contribution is 14.0. The molecule has 172 valence electrons. The molecule has 3 rings (SSSR count). The van der Waals surface area contributed by atoms with Crippen LogP contribution in [0.4, 0.5) is 0 Å². The molecular formula is C24H39IN6. The monoisotopic (exact) mass is 538 g/mol. The molecule has 0 unspecified atom stereocenters. The van der Waals surface area contributed by atoms with Crippen LogP contribution in [0.3, 0.4) is 0 Å². The van der Waals surface area contributed by atoms with Crippen LogP contribution in [0.15, 0.2) is 35.5 Å². The van der Waals surface area contributed by atoms with Gasteiger partial charge in [-0.3, -0.25) is 14.6 Å². The number of hydrogen-bond donors (Lipinski definition) is 1. The van der Waals surface area contributed by atoms with Gasteiger partial charge in [0.1, 0.15) is 0 Å². The molecule has 7 heteroatoms. The maximum atomic E-state index is 4.90. The van der Waals surface area contributed by atoms with Gasteiger partial charge in [0.15, 0.2) is 5.96 Å². The number of hydrogen-bond acceptors (Lipinski definition) is 3. The van der Waals surface area contributed by atoms with E-state index in [1.807, 2.05) is 11.7 Å². The normalized spacial score (nSPS) is 14.3. The second-order valence-electron chi connectivity index (χ2n) is 8.61. The molecule has 1 aliphatic rings. The summed E-state index contributed by atoms with van der Waals surface area (Å²) in [7, 11) is 4.10. The van der Waals surface area contributed by atoms with Crippen LogP contribution in [0.25, 0.3) is 0 Å². The Morgan fingerprint density at radius 2 is 2.00 bits per heavy atom. The van der Waals surface area contributed by atoms with Crippen molar-refractivity contribution in [2.45, 2.75) is 52.6 Å². The standard InChI is InChI=1S/C24H38N6.HI/c1-6-25-24(28(4)16-22-17-29(5)27-23(22)19(2)3)26-13-9-14-30-15-12-20-10-7-8-11-21(20)18-30;/h7-8,10-11,17,19H,6,9,12-16,18H2,1-5H3,(H,25,26);1H. The van der Waals surface area contributed by atoms with Crippen LogP contribution in [0.1, 0.15) is 55.5 Å². The van der Waals surface area contributed by atoms with Gasteiger partial charge < -0.3 is 10.2 Å². The van der Waals surface area contributed by atoms with E-state index in [1.54, 1.807) is 0 Å². The molecule has 0 fully saturated rings. The highest BCUT2D eigenvalue weighted by atomic mass is 127. The first-order valence-corrected chi connectivity index (χ1v) is 11.3. The van der Waals surface area contributed by atoms with Gasteiger partial charge in [-0.15, -0.1) is 24.0 Å². The average molecular weight is 539 g/mol. The zero-order chi connectivity index (χ0) is 21.5. The van der Waals surface area contributed by atoms with Crippen LogP contribution >= 0.6 is 24.0 Å². The molecule has 1 aromatic heterocycles. The second-order valence-corrected chi connectivity index (χ2v) is 8.61. The molecule has 6 nitrogen and oxygen atoms in total. The van der Waals surface area contributed by atoms with Crippen molar-refractivity contribution in [1.29, 1.82) is 0 Å². The molecule has 1 N–H and O–H groups in total. The molecule has 2 aromatic rings. The molecule has 31 heavy (non-hydrogen) atoms. The Morgan fingerprint density at radius 3 is 2.71 bits per heavy atom. The van der Waals surface area contributed by atoms with Crippen molar-refractivity contribution in [2.24, 2.45) is 12.0 Å². The van der Waals surface area contributed by atoms with Gasteiger partial charge in [0.25, 0.3) is 0 Å². The second kappa shape index (κ2) is 12.4. The molecule has 0 aliphatic carbocycles.